The monoisotopic (exact) mass is 170 g/mol. The van der Waals surface area contributed by atoms with Gasteiger partial charge in [0.25, 0.3) is 0 Å². The summed E-state index contributed by atoms with van der Waals surface area (Å²) in [7, 11) is 2.27. The third-order valence-corrected chi connectivity index (χ3v) is 1.95. The predicted molar refractivity (Wildman–Crippen MR) is 57.5 cm³/mol. The zero-order chi connectivity index (χ0) is 9.56. The van der Waals surface area contributed by atoms with Crippen LogP contribution in [0.5, 0.6) is 0 Å². The standard InChI is InChI=1S/C10H23BO/c1-8(2)12-7-9(3)5-6-10(4)11/h8-10H,5-7,11H2,1-4H3. The van der Waals surface area contributed by atoms with Gasteiger partial charge in [-0.3, -0.25) is 0 Å². The maximum Gasteiger partial charge on any atom is 0.105 e. The van der Waals surface area contributed by atoms with Crippen molar-refractivity contribution in [1.29, 1.82) is 0 Å². The van der Waals surface area contributed by atoms with Gasteiger partial charge in [0, 0.05) is 6.61 Å². The van der Waals surface area contributed by atoms with Gasteiger partial charge < -0.3 is 4.74 Å². The average Bonchev–Trinajstić information content (AvgIpc) is 1.96. The van der Waals surface area contributed by atoms with E-state index in [9.17, 15) is 0 Å². The van der Waals surface area contributed by atoms with Gasteiger partial charge in [-0.2, -0.15) is 0 Å². The van der Waals surface area contributed by atoms with Crippen LogP contribution in [-0.2, 0) is 4.74 Å². The number of hydrogen-bond donors (Lipinski definition) is 0. The molecule has 0 spiro atoms. The Kier molecular flexibility index (Phi) is 6.54. The van der Waals surface area contributed by atoms with Crippen LogP contribution < -0.4 is 0 Å². The van der Waals surface area contributed by atoms with Crippen LogP contribution >= 0.6 is 0 Å². The second kappa shape index (κ2) is 6.53. The summed E-state index contributed by atoms with van der Waals surface area (Å²) >= 11 is 0. The van der Waals surface area contributed by atoms with Gasteiger partial charge in [0.15, 0.2) is 0 Å². The first-order chi connectivity index (χ1) is 5.52. The lowest BCUT2D eigenvalue weighted by Gasteiger charge is -2.14. The molecule has 0 aliphatic rings. The molecule has 0 rings (SSSR count). The first kappa shape index (κ1) is 12.0. The fourth-order valence-corrected chi connectivity index (χ4v) is 1.06. The molecule has 0 aliphatic carbocycles. The van der Waals surface area contributed by atoms with E-state index >= 15 is 0 Å². The Labute approximate surface area is 78.3 Å². The van der Waals surface area contributed by atoms with E-state index < -0.39 is 0 Å². The number of hydrogen-bond acceptors (Lipinski definition) is 1. The third kappa shape index (κ3) is 8.12. The van der Waals surface area contributed by atoms with E-state index in [4.69, 9.17) is 4.74 Å². The summed E-state index contributed by atoms with van der Waals surface area (Å²) in [5, 5.41) is 0. The first-order valence-electron chi connectivity index (χ1n) is 5.14. The van der Waals surface area contributed by atoms with Gasteiger partial charge in [-0.1, -0.05) is 26.1 Å². The Hall–Kier alpha value is 0.0249. The van der Waals surface area contributed by atoms with E-state index in [-0.39, 0.29) is 0 Å². The highest BCUT2D eigenvalue weighted by Gasteiger charge is 2.04. The predicted octanol–water partition coefficient (Wildman–Crippen LogP) is 2.27. The highest BCUT2D eigenvalue weighted by atomic mass is 16.5. The molecule has 0 heterocycles. The molecule has 0 saturated heterocycles. The van der Waals surface area contributed by atoms with E-state index in [1.54, 1.807) is 0 Å². The highest BCUT2D eigenvalue weighted by molar-refractivity contribution is 6.11. The van der Waals surface area contributed by atoms with E-state index in [1.165, 1.54) is 12.8 Å². The zero-order valence-corrected chi connectivity index (χ0v) is 9.26. The van der Waals surface area contributed by atoms with Gasteiger partial charge in [-0.25, -0.2) is 0 Å². The minimum atomic E-state index is 0.381. The normalized spacial score (nSPS) is 16.4. The van der Waals surface area contributed by atoms with Gasteiger partial charge in [-0.15, -0.1) is 0 Å². The summed E-state index contributed by atoms with van der Waals surface area (Å²) in [5.74, 6) is 1.54. The molecule has 2 heteroatoms. The Morgan fingerprint density at radius 1 is 1.08 bits per heavy atom. The van der Waals surface area contributed by atoms with Crippen LogP contribution in [0.1, 0.15) is 40.5 Å². The van der Waals surface area contributed by atoms with Crippen LogP contribution in [0.25, 0.3) is 0 Å². The Morgan fingerprint density at radius 2 is 1.67 bits per heavy atom. The van der Waals surface area contributed by atoms with Crippen molar-refractivity contribution in [2.75, 3.05) is 6.61 Å². The van der Waals surface area contributed by atoms with Crippen LogP contribution in [0.4, 0.5) is 0 Å². The summed E-state index contributed by atoms with van der Waals surface area (Å²) in [6, 6.07) is 0. The van der Waals surface area contributed by atoms with E-state index in [0.717, 1.165) is 18.3 Å². The fraction of sp³-hybridized carbons (Fsp3) is 1.00. The van der Waals surface area contributed by atoms with Crippen molar-refractivity contribution in [1.82, 2.24) is 0 Å². The van der Waals surface area contributed by atoms with Crippen molar-refractivity contribution < 1.29 is 4.74 Å². The quantitative estimate of drug-likeness (QED) is 0.555. The molecule has 0 bridgehead atoms. The van der Waals surface area contributed by atoms with Gasteiger partial charge in [0.2, 0.25) is 0 Å². The molecule has 0 fully saturated rings. The summed E-state index contributed by atoms with van der Waals surface area (Å²) in [6.45, 7) is 9.65. The van der Waals surface area contributed by atoms with E-state index in [2.05, 4.69) is 35.5 Å². The van der Waals surface area contributed by atoms with Crippen molar-refractivity contribution in [3.63, 3.8) is 0 Å². The second-order valence-corrected chi connectivity index (χ2v) is 4.46. The Balaban J connectivity index is 3.27. The molecule has 0 N–H and O–H groups in total. The third-order valence-electron chi connectivity index (χ3n) is 1.95. The largest absolute Gasteiger partial charge is 0.379 e. The SMILES string of the molecule is BC(C)CCC(C)COC(C)C. The van der Waals surface area contributed by atoms with E-state index in [1.807, 2.05) is 0 Å². The lowest BCUT2D eigenvalue weighted by atomic mass is 9.83. The van der Waals surface area contributed by atoms with Crippen molar-refractivity contribution in [2.24, 2.45) is 5.92 Å². The van der Waals surface area contributed by atoms with Gasteiger partial charge in [-0.05, 0) is 26.2 Å². The zero-order valence-electron chi connectivity index (χ0n) is 9.26. The topological polar surface area (TPSA) is 9.23 Å². The number of rotatable bonds is 6. The fourth-order valence-electron chi connectivity index (χ4n) is 1.06. The molecule has 0 saturated carbocycles. The Morgan fingerprint density at radius 3 is 2.08 bits per heavy atom. The van der Waals surface area contributed by atoms with Crippen LogP contribution in [0.2, 0.25) is 5.82 Å². The highest BCUT2D eigenvalue weighted by Crippen LogP contribution is 2.14. The summed E-state index contributed by atoms with van der Waals surface area (Å²) in [6.07, 6.45) is 3.00. The first-order valence-corrected chi connectivity index (χ1v) is 5.14. The minimum absolute atomic E-state index is 0.381. The molecule has 0 aliphatic heterocycles. The van der Waals surface area contributed by atoms with Crippen LogP contribution in [0.3, 0.4) is 0 Å². The van der Waals surface area contributed by atoms with Gasteiger partial charge >= 0.3 is 0 Å². The summed E-state index contributed by atoms with van der Waals surface area (Å²) in [4.78, 5) is 0. The molecular weight excluding hydrogens is 147 g/mol. The van der Waals surface area contributed by atoms with Crippen molar-refractivity contribution in [3.05, 3.63) is 0 Å². The minimum Gasteiger partial charge on any atom is -0.379 e. The molecule has 0 aromatic rings. The molecule has 0 aromatic carbocycles. The smallest absolute Gasteiger partial charge is 0.105 e. The average molecular weight is 170 g/mol. The van der Waals surface area contributed by atoms with Crippen LogP contribution in [0, 0.1) is 5.92 Å². The molecular formula is C10H23BO. The molecule has 0 radical (unpaired) electrons. The summed E-state index contributed by atoms with van der Waals surface area (Å²) < 4.78 is 5.54. The second-order valence-electron chi connectivity index (χ2n) is 4.46. The lowest BCUT2D eigenvalue weighted by molar-refractivity contribution is 0.0529. The van der Waals surface area contributed by atoms with Crippen LogP contribution in [-0.4, -0.2) is 20.6 Å². The van der Waals surface area contributed by atoms with Crippen molar-refractivity contribution in [3.8, 4) is 0 Å². The Bertz CT molecular complexity index is 90.0. The van der Waals surface area contributed by atoms with Crippen molar-refractivity contribution in [2.45, 2.75) is 52.5 Å². The molecule has 2 unspecified atom stereocenters. The van der Waals surface area contributed by atoms with Gasteiger partial charge in [0.1, 0.15) is 7.85 Å². The summed E-state index contributed by atoms with van der Waals surface area (Å²) in [5.41, 5.74) is 0. The molecule has 0 aromatic heterocycles. The maximum absolute atomic E-state index is 5.54. The van der Waals surface area contributed by atoms with E-state index in [0.29, 0.717) is 6.10 Å². The van der Waals surface area contributed by atoms with Crippen LogP contribution in [0.15, 0.2) is 0 Å². The molecule has 0 amide bonds. The molecule has 1 nitrogen and oxygen atoms in total. The molecule has 2 atom stereocenters. The maximum atomic E-state index is 5.54. The van der Waals surface area contributed by atoms with Crippen molar-refractivity contribution >= 4 is 7.85 Å². The number of ether oxygens (including phenoxy) is 1. The molecule has 72 valence electrons. The van der Waals surface area contributed by atoms with Gasteiger partial charge in [0.05, 0.1) is 6.10 Å². The molecule has 12 heavy (non-hydrogen) atoms. The lowest BCUT2D eigenvalue weighted by Crippen LogP contribution is -2.11.